The molecule has 2 aromatic rings. The van der Waals surface area contributed by atoms with Crippen LogP contribution in [0, 0.1) is 0 Å². The largest absolute Gasteiger partial charge is 0.458 e. The lowest BCUT2D eigenvalue weighted by molar-refractivity contribution is -0.120. The summed E-state index contributed by atoms with van der Waals surface area (Å²) >= 11 is 1.42. The van der Waals surface area contributed by atoms with Gasteiger partial charge in [0.05, 0.1) is 6.61 Å². The van der Waals surface area contributed by atoms with Crippen molar-refractivity contribution >= 4 is 31.2 Å². The average molecular weight is 738 g/mol. The van der Waals surface area contributed by atoms with Crippen LogP contribution in [0.4, 0.5) is 5.82 Å². The van der Waals surface area contributed by atoms with Crippen molar-refractivity contribution in [3.05, 3.63) is 126 Å². The van der Waals surface area contributed by atoms with Crippen LogP contribution >= 0.6 is 19.5 Å². The molecule has 1 aliphatic rings. The third-order valence-electron chi connectivity index (χ3n) is 7.13. The highest BCUT2D eigenvalue weighted by Gasteiger charge is 2.33. The predicted molar refractivity (Wildman–Crippen MR) is 208 cm³/mol. The number of allylic oxidation sites excluding steroid dienone is 12. The summed E-state index contributed by atoms with van der Waals surface area (Å²) in [4.78, 5) is 28.3. The molecule has 51 heavy (non-hydrogen) atoms. The molecule has 276 valence electrons. The first-order valence-electron chi connectivity index (χ1n) is 17.4. The second-order valence-corrected chi connectivity index (χ2v) is 14.2. The number of para-hydroxylation sites is 1. The van der Waals surface area contributed by atoms with E-state index in [1.165, 1.54) is 28.6 Å². The zero-order valence-electron chi connectivity index (χ0n) is 29.4. The highest BCUT2D eigenvalue weighted by atomic mass is 32.2. The van der Waals surface area contributed by atoms with Gasteiger partial charge in [0.2, 0.25) is 5.91 Å². The summed E-state index contributed by atoms with van der Waals surface area (Å²) in [5, 5.41) is 5.66. The molecule has 3 atom stereocenters. The maximum atomic E-state index is 13.7. The Kier molecular flexibility index (Phi) is 20.4. The van der Waals surface area contributed by atoms with Crippen LogP contribution in [0.15, 0.2) is 120 Å². The van der Waals surface area contributed by atoms with Gasteiger partial charge >= 0.3 is 13.4 Å². The van der Waals surface area contributed by atoms with Crippen LogP contribution in [-0.4, -0.2) is 46.3 Å². The van der Waals surface area contributed by atoms with E-state index < -0.39 is 25.1 Å². The third-order valence-corrected chi connectivity index (χ3v) is 9.78. The summed E-state index contributed by atoms with van der Waals surface area (Å²) in [5.41, 5.74) is 4.57. The summed E-state index contributed by atoms with van der Waals surface area (Å²) < 4.78 is 32.4. The number of hydrogen-bond donors (Lipinski definition) is 3. The highest BCUT2D eigenvalue weighted by Crippen LogP contribution is 2.45. The van der Waals surface area contributed by atoms with Crippen LogP contribution in [0.3, 0.4) is 0 Å². The maximum absolute atomic E-state index is 13.7. The molecule has 0 radical (unpaired) electrons. The first kappa shape index (κ1) is 41.5. The molecular weight excluding hydrogens is 685 g/mol. The van der Waals surface area contributed by atoms with Gasteiger partial charge in [-0.15, -0.1) is 11.8 Å². The lowest BCUT2D eigenvalue weighted by Crippen LogP contribution is -2.32. The van der Waals surface area contributed by atoms with Gasteiger partial charge in [-0.05, 0) is 63.1 Å². The second-order valence-electron chi connectivity index (χ2n) is 11.3. The van der Waals surface area contributed by atoms with E-state index in [-0.39, 0.29) is 31.4 Å². The van der Waals surface area contributed by atoms with Crippen LogP contribution in [0.2, 0.25) is 0 Å². The van der Waals surface area contributed by atoms with E-state index in [0.29, 0.717) is 24.3 Å². The van der Waals surface area contributed by atoms with Crippen LogP contribution in [0.5, 0.6) is 5.75 Å². The number of hydrogen-bond acceptors (Lipinski definition) is 9. The van der Waals surface area contributed by atoms with Crippen molar-refractivity contribution in [1.82, 2.24) is 20.0 Å². The molecule has 0 spiro atoms. The Morgan fingerprint density at radius 3 is 2.16 bits per heavy atom. The Bertz CT molecular complexity index is 1590. The molecule has 1 fully saturated rings. The second kappa shape index (κ2) is 25.1. The van der Waals surface area contributed by atoms with E-state index in [1.54, 1.807) is 24.3 Å². The zero-order chi connectivity index (χ0) is 36.4. The lowest BCUT2D eigenvalue weighted by atomic mass is 10.2. The van der Waals surface area contributed by atoms with E-state index in [2.05, 4.69) is 89.1 Å². The summed E-state index contributed by atoms with van der Waals surface area (Å²) in [6.07, 6.45) is 33.5. The number of benzene rings is 1. The van der Waals surface area contributed by atoms with E-state index in [0.717, 1.165) is 38.5 Å². The number of thioether (sulfide) groups is 1. The summed E-state index contributed by atoms with van der Waals surface area (Å²) in [6, 6.07) is 10.2. The molecule has 1 aromatic heterocycles. The highest BCUT2D eigenvalue weighted by molar-refractivity contribution is 8.00. The number of carbonyl (C=O) groups is 1. The van der Waals surface area contributed by atoms with E-state index in [4.69, 9.17) is 19.5 Å². The molecule has 13 heteroatoms. The molecule has 3 unspecified atom stereocenters. The first-order chi connectivity index (χ1) is 24.9. The van der Waals surface area contributed by atoms with Crippen molar-refractivity contribution in [2.24, 2.45) is 0 Å². The number of aromatic nitrogens is 2. The molecule has 4 N–H and O–H groups in total. The molecule has 0 saturated carbocycles. The Hall–Kier alpha value is -3.93. The lowest BCUT2D eigenvalue weighted by Gasteiger charge is -2.22. The van der Waals surface area contributed by atoms with Gasteiger partial charge in [-0.1, -0.05) is 98.0 Å². The van der Waals surface area contributed by atoms with Gasteiger partial charge in [-0.3, -0.25) is 13.9 Å². The summed E-state index contributed by atoms with van der Waals surface area (Å²) in [7, 11) is -3.84. The number of amides is 1. The molecule has 2 heterocycles. The van der Waals surface area contributed by atoms with Gasteiger partial charge in [0.1, 0.15) is 23.2 Å². The number of nitrogens with two attached hydrogens (primary N) is 1. The van der Waals surface area contributed by atoms with Crippen molar-refractivity contribution in [2.45, 2.75) is 70.0 Å². The van der Waals surface area contributed by atoms with E-state index in [9.17, 15) is 14.2 Å². The number of carbonyl (C=O) groups excluding carboxylic acids is 1. The summed E-state index contributed by atoms with van der Waals surface area (Å²) in [5.74, 6) is 0.866. The van der Waals surface area contributed by atoms with Crippen LogP contribution < -0.4 is 26.4 Å². The molecule has 1 amide bonds. The number of nitrogens with zero attached hydrogens (tertiary/aromatic N) is 2. The first-order valence-corrected chi connectivity index (χ1v) is 20.0. The average Bonchev–Trinajstić information content (AvgIpc) is 3.59. The molecule has 11 nitrogen and oxygen atoms in total. The Labute approximate surface area is 306 Å². The maximum Gasteiger partial charge on any atom is 0.458 e. The molecule has 1 aliphatic heterocycles. The molecule has 0 aliphatic carbocycles. The molecule has 3 rings (SSSR count). The van der Waals surface area contributed by atoms with E-state index in [1.807, 2.05) is 12.1 Å². The van der Waals surface area contributed by atoms with E-state index >= 15 is 0 Å². The molecule has 0 bridgehead atoms. The fraction of sp³-hybridized carbons (Fsp3) is 0.395. The van der Waals surface area contributed by atoms with Gasteiger partial charge in [0.25, 0.3) is 0 Å². The number of rotatable bonds is 24. The van der Waals surface area contributed by atoms with Crippen LogP contribution in [0.1, 0.15) is 64.5 Å². The standard InChI is InChI=1S/C38H52N5O6PS/c1-2-3-4-5-6-7-8-9-10-11-12-13-14-15-16-17-18-19-23-26-35(44)40-28-29-41-50(46,49-33-24-21-20-22-25-33)47-31-37-48-36(32-51-37)43-30-27-34(39)42-38(43)45/h3-4,6-7,9-10,12-13,15-16,18-22,24-25,27,30,36-37H,2,5,8,11,14,17,23,26,28-29,31-32H2,1H3,(H,40,44)(H,41,46)(H2,39,42,45). The normalized spacial score (nSPS) is 17.9. The number of nitrogen functional groups attached to an aromatic ring is 1. The van der Waals surface area contributed by atoms with Gasteiger partial charge in [0, 0.05) is 31.5 Å². The number of nitrogens with one attached hydrogen (secondary N) is 2. The zero-order valence-corrected chi connectivity index (χ0v) is 31.1. The minimum absolute atomic E-state index is 0.0618. The molecular formula is C38H52N5O6PS. The van der Waals surface area contributed by atoms with Crippen molar-refractivity contribution in [2.75, 3.05) is 31.2 Å². The van der Waals surface area contributed by atoms with Crippen molar-refractivity contribution < 1.29 is 23.1 Å². The Morgan fingerprint density at radius 1 is 0.941 bits per heavy atom. The Balaban J connectivity index is 1.29. The van der Waals surface area contributed by atoms with Gasteiger partial charge < -0.3 is 20.3 Å². The predicted octanol–water partition coefficient (Wildman–Crippen LogP) is 7.80. The monoisotopic (exact) mass is 737 g/mol. The fourth-order valence-corrected chi connectivity index (χ4v) is 6.96. The van der Waals surface area contributed by atoms with Crippen molar-refractivity contribution in [3.8, 4) is 5.75 Å². The smallest absolute Gasteiger partial charge is 0.413 e. The molecule has 1 saturated heterocycles. The minimum atomic E-state index is -3.84. The van der Waals surface area contributed by atoms with Crippen LogP contribution in [0.25, 0.3) is 0 Å². The minimum Gasteiger partial charge on any atom is -0.413 e. The quantitative estimate of drug-likeness (QED) is 0.0554. The van der Waals surface area contributed by atoms with Gasteiger partial charge in [-0.25, -0.2) is 14.4 Å². The van der Waals surface area contributed by atoms with Crippen molar-refractivity contribution in [1.29, 1.82) is 0 Å². The fourth-order valence-electron chi connectivity index (χ4n) is 4.54. The number of anilines is 1. The molecule has 1 aromatic carbocycles. The SMILES string of the molecule is CCC=CCC=CCC=CCC=CCC=CCC=CCCC(=O)NCCNP(=O)(OCC1OC(n2ccc(N)nc2=O)CS1)Oc1ccccc1. The van der Waals surface area contributed by atoms with Gasteiger partial charge in [0.15, 0.2) is 0 Å². The van der Waals surface area contributed by atoms with Crippen molar-refractivity contribution in [3.63, 3.8) is 0 Å². The van der Waals surface area contributed by atoms with Gasteiger partial charge in [-0.2, -0.15) is 4.98 Å². The number of ether oxygens (including phenoxy) is 1. The third kappa shape index (κ3) is 18.2. The Morgan fingerprint density at radius 2 is 1.55 bits per heavy atom. The summed E-state index contributed by atoms with van der Waals surface area (Å²) in [6.45, 7) is 2.47. The van der Waals surface area contributed by atoms with Crippen LogP contribution in [-0.2, 0) is 18.6 Å². The topological polar surface area (TPSA) is 147 Å².